The number of carbonyl (C=O) groups is 3. The van der Waals surface area contributed by atoms with E-state index in [9.17, 15) is 14.4 Å². The van der Waals surface area contributed by atoms with Gasteiger partial charge in [-0.25, -0.2) is 9.69 Å². The van der Waals surface area contributed by atoms with Gasteiger partial charge in [0, 0.05) is 37.5 Å². The molecular weight excluding hydrogens is 502 g/mol. The Kier molecular flexibility index (Phi) is 9.01. The van der Waals surface area contributed by atoms with Crippen molar-refractivity contribution in [2.45, 2.75) is 26.7 Å². The molecule has 0 aromatic heterocycles. The highest BCUT2D eigenvalue weighted by molar-refractivity contribution is 6.43. The Bertz CT molecular complexity index is 1410. The Morgan fingerprint density at radius 3 is 2.23 bits per heavy atom. The summed E-state index contributed by atoms with van der Waals surface area (Å²) in [6, 6.07) is 22.5. The van der Waals surface area contributed by atoms with E-state index in [0.29, 0.717) is 29.1 Å². The standard InChI is InChI=1S/C32H37N5O3/c1-6-23-13-18-27-28(21-23)37(32(40)33-3)31(39)29(27)30(24-11-8-7-9-12-24)34-25-14-16-26(17-15-25)36(22(2)38)20-10-19-35(4)5/h7-9,11-18,21,34H,6,10,19-20H2,1-5H3,(H,33,40). The Morgan fingerprint density at radius 2 is 1.62 bits per heavy atom. The Balaban J connectivity index is 1.76. The lowest BCUT2D eigenvalue weighted by molar-refractivity contribution is -0.116. The molecule has 1 aliphatic rings. The fourth-order valence-electron chi connectivity index (χ4n) is 4.85. The van der Waals surface area contributed by atoms with Gasteiger partial charge in [-0.15, -0.1) is 0 Å². The van der Waals surface area contributed by atoms with E-state index >= 15 is 0 Å². The fourth-order valence-corrected chi connectivity index (χ4v) is 4.85. The zero-order valence-corrected chi connectivity index (χ0v) is 23.8. The molecule has 0 bridgehead atoms. The quantitative estimate of drug-likeness (QED) is 0.364. The third-order valence-electron chi connectivity index (χ3n) is 6.94. The minimum absolute atomic E-state index is 0.0135. The van der Waals surface area contributed by atoms with Crippen molar-refractivity contribution < 1.29 is 14.4 Å². The molecule has 4 rings (SSSR count). The molecule has 0 saturated carbocycles. The number of carbonyl (C=O) groups excluding carboxylic acids is 3. The molecule has 3 aromatic rings. The lowest BCUT2D eigenvalue weighted by Gasteiger charge is -2.23. The topological polar surface area (TPSA) is 85.0 Å². The molecule has 0 unspecified atom stereocenters. The van der Waals surface area contributed by atoms with Crippen molar-refractivity contribution in [3.05, 3.63) is 89.5 Å². The number of hydrogen-bond donors (Lipinski definition) is 2. The number of rotatable bonds is 9. The lowest BCUT2D eigenvalue weighted by atomic mass is 9.98. The molecule has 8 nitrogen and oxygen atoms in total. The van der Waals surface area contributed by atoms with Crippen molar-refractivity contribution >= 4 is 46.2 Å². The number of benzene rings is 3. The van der Waals surface area contributed by atoms with Gasteiger partial charge in [0.15, 0.2) is 0 Å². The molecule has 0 atom stereocenters. The van der Waals surface area contributed by atoms with Gasteiger partial charge in [-0.05, 0) is 74.9 Å². The minimum Gasteiger partial charge on any atom is -0.354 e. The summed E-state index contributed by atoms with van der Waals surface area (Å²) in [6.45, 7) is 5.13. The fraction of sp³-hybridized carbons (Fsp3) is 0.281. The van der Waals surface area contributed by atoms with Gasteiger partial charge in [-0.2, -0.15) is 0 Å². The summed E-state index contributed by atoms with van der Waals surface area (Å²) in [4.78, 5) is 44.1. The normalized spacial score (nSPS) is 13.8. The van der Waals surface area contributed by atoms with Crippen LogP contribution in [0.15, 0.2) is 72.8 Å². The third-order valence-corrected chi connectivity index (χ3v) is 6.94. The number of aryl methyl sites for hydroxylation is 1. The van der Waals surface area contributed by atoms with Crippen LogP contribution in [0.25, 0.3) is 11.3 Å². The number of amides is 4. The van der Waals surface area contributed by atoms with Crippen LogP contribution in [0.5, 0.6) is 0 Å². The highest BCUT2D eigenvalue weighted by Crippen LogP contribution is 2.42. The van der Waals surface area contributed by atoms with E-state index < -0.39 is 11.9 Å². The maximum absolute atomic E-state index is 13.9. The SMILES string of the molecule is CCc1ccc2c(c1)N(C(=O)NC)C(=O)C2=C(Nc1ccc(N(CCCN(C)C)C(C)=O)cc1)c1ccccc1. The summed E-state index contributed by atoms with van der Waals surface area (Å²) in [7, 11) is 5.55. The lowest BCUT2D eigenvalue weighted by Crippen LogP contribution is -2.40. The summed E-state index contributed by atoms with van der Waals surface area (Å²) in [5.41, 5.74) is 5.70. The largest absolute Gasteiger partial charge is 0.354 e. The molecule has 8 heteroatoms. The van der Waals surface area contributed by atoms with Gasteiger partial charge in [0.2, 0.25) is 5.91 Å². The number of hydrogen-bond acceptors (Lipinski definition) is 5. The van der Waals surface area contributed by atoms with E-state index in [4.69, 9.17) is 0 Å². The average molecular weight is 540 g/mol. The number of anilines is 3. The van der Waals surface area contributed by atoms with Gasteiger partial charge in [0.05, 0.1) is 17.0 Å². The van der Waals surface area contributed by atoms with Crippen molar-refractivity contribution in [3.63, 3.8) is 0 Å². The van der Waals surface area contributed by atoms with Crippen molar-refractivity contribution in [2.75, 3.05) is 49.3 Å². The summed E-state index contributed by atoms with van der Waals surface area (Å²) >= 11 is 0. The highest BCUT2D eigenvalue weighted by atomic mass is 16.2. The molecule has 0 aliphatic carbocycles. The van der Waals surface area contributed by atoms with Crippen LogP contribution in [-0.2, 0) is 16.0 Å². The Hall–Kier alpha value is -4.43. The number of urea groups is 1. The zero-order valence-electron chi connectivity index (χ0n) is 23.8. The van der Waals surface area contributed by atoms with Gasteiger partial charge in [-0.3, -0.25) is 9.59 Å². The van der Waals surface area contributed by atoms with Gasteiger partial charge < -0.3 is 20.4 Å². The van der Waals surface area contributed by atoms with Crippen molar-refractivity contribution in [2.24, 2.45) is 0 Å². The van der Waals surface area contributed by atoms with E-state index in [1.807, 2.05) is 93.8 Å². The summed E-state index contributed by atoms with van der Waals surface area (Å²) in [5, 5.41) is 6.06. The summed E-state index contributed by atoms with van der Waals surface area (Å²) < 4.78 is 0. The minimum atomic E-state index is -0.482. The van der Waals surface area contributed by atoms with Crippen LogP contribution in [0.2, 0.25) is 0 Å². The summed E-state index contributed by atoms with van der Waals surface area (Å²) in [6.07, 6.45) is 1.64. The Labute approximate surface area is 236 Å². The van der Waals surface area contributed by atoms with Crippen molar-refractivity contribution in [1.82, 2.24) is 10.2 Å². The predicted molar refractivity (Wildman–Crippen MR) is 162 cm³/mol. The molecule has 0 saturated heterocycles. The van der Waals surface area contributed by atoms with Crippen LogP contribution < -0.4 is 20.4 Å². The molecule has 2 N–H and O–H groups in total. The number of imide groups is 1. The maximum atomic E-state index is 13.9. The first-order valence-corrected chi connectivity index (χ1v) is 13.5. The van der Waals surface area contributed by atoms with Crippen LogP contribution in [0.1, 0.15) is 37.0 Å². The van der Waals surface area contributed by atoms with Crippen LogP contribution >= 0.6 is 0 Å². The van der Waals surface area contributed by atoms with Crippen molar-refractivity contribution in [1.29, 1.82) is 0 Å². The van der Waals surface area contributed by atoms with Gasteiger partial charge in [-0.1, -0.05) is 49.4 Å². The molecule has 3 aromatic carbocycles. The third kappa shape index (κ3) is 6.07. The molecule has 0 spiro atoms. The van der Waals surface area contributed by atoms with E-state index in [0.717, 1.165) is 41.9 Å². The van der Waals surface area contributed by atoms with Gasteiger partial charge in [0.25, 0.3) is 5.91 Å². The van der Waals surface area contributed by atoms with E-state index in [1.54, 1.807) is 11.8 Å². The molecule has 1 heterocycles. The van der Waals surface area contributed by atoms with Crippen LogP contribution in [0.3, 0.4) is 0 Å². The number of fused-ring (bicyclic) bond motifs is 1. The van der Waals surface area contributed by atoms with Crippen LogP contribution in [0.4, 0.5) is 21.9 Å². The van der Waals surface area contributed by atoms with E-state index in [2.05, 4.69) is 15.5 Å². The average Bonchev–Trinajstić information content (AvgIpc) is 3.24. The molecule has 0 radical (unpaired) electrons. The van der Waals surface area contributed by atoms with Gasteiger partial charge >= 0.3 is 6.03 Å². The molecule has 208 valence electrons. The second kappa shape index (κ2) is 12.6. The zero-order chi connectivity index (χ0) is 28.8. The smallest absolute Gasteiger partial charge is 0.328 e. The molecule has 4 amide bonds. The number of nitrogens with one attached hydrogen (secondary N) is 2. The van der Waals surface area contributed by atoms with E-state index in [1.165, 1.54) is 11.9 Å². The summed E-state index contributed by atoms with van der Waals surface area (Å²) in [5.74, 6) is -0.408. The molecule has 0 fully saturated rings. The van der Waals surface area contributed by atoms with Crippen LogP contribution in [0, 0.1) is 0 Å². The maximum Gasteiger partial charge on any atom is 0.328 e. The predicted octanol–water partition coefficient (Wildman–Crippen LogP) is 5.22. The van der Waals surface area contributed by atoms with E-state index in [-0.39, 0.29) is 5.91 Å². The van der Waals surface area contributed by atoms with Crippen molar-refractivity contribution in [3.8, 4) is 0 Å². The number of nitrogens with zero attached hydrogens (tertiary/aromatic N) is 3. The first kappa shape index (κ1) is 28.6. The van der Waals surface area contributed by atoms with Gasteiger partial charge in [0.1, 0.15) is 0 Å². The van der Waals surface area contributed by atoms with Crippen LogP contribution in [-0.4, -0.2) is 57.0 Å². The second-order valence-electron chi connectivity index (χ2n) is 10.0. The molecular formula is C32H37N5O3. The Morgan fingerprint density at radius 1 is 0.925 bits per heavy atom. The molecule has 1 aliphatic heterocycles. The molecule has 40 heavy (non-hydrogen) atoms. The monoisotopic (exact) mass is 539 g/mol. The first-order valence-electron chi connectivity index (χ1n) is 13.5. The second-order valence-corrected chi connectivity index (χ2v) is 10.0. The first-order chi connectivity index (χ1) is 19.2. The highest BCUT2D eigenvalue weighted by Gasteiger charge is 2.39.